The summed E-state index contributed by atoms with van der Waals surface area (Å²) in [7, 11) is 2.05. The molecule has 1 aliphatic carbocycles. The molecule has 0 aromatic carbocycles. The molecule has 0 aliphatic heterocycles. The minimum absolute atomic E-state index is 0.842. The van der Waals surface area contributed by atoms with E-state index in [2.05, 4.69) is 35.0 Å². The van der Waals surface area contributed by atoms with E-state index in [-0.39, 0.29) is 0 Å². The first-order valence-electron chi connectivity index (χ1n) is 6.93. The molecule has 1 aliphatic rings. The molecule has 17 heavy (non-hydrogen) atoms. The Morgan fingerprint density at radius 3 is 2.47 bits per heavy atom. The number of anilines is 1. The smallest absolute Gasteiger partial charge is 0.202 e. The third kappa shape index (κ3) is 3.24. The molecule has 96 valence electrons. The van der Waals surface area contributed by atoms with Crippen molar-refractivity contribution < 1.29 is 0 Å². The van der Waals surface area contributed by atoms with Crippen LogP contribution in [0.2, 0.25) is 0 Å². The Labute approximate surface area is 105 Å². The Hall–Kier alpha value is -0.990. The molecule has 1 N–H and O–H groups in total. The standard InChI is InChI=1S/C14H25N3/c1-4-12-5-7-13(8-6-12)9-15-14-16-11(2)10-17(14)3/h10,12-13H,4-9H2,1-3H3,(H,15,16). The molecule has 1 fully saturated rings. The summed E-state index contributed by atoms with van der Waals surface area (Å²) in [5, 5.41) is 3.49. The Bertz CT molecular complexity index is 348. The first-order valence-corrected chi connectivity index (χ1v) is 6.93. The largest absolute Gasteiger partial charge is 0.355 e. The van der Waals surface area contributed by atoms with Crippen LogP contribution in [0.1, 0.15) is 44.7 Å². The number of hydrogen-bond donors (Lipinski definition) is 1. The van der Waals surface area contributed by atoms with Crippen LogP contribution < -0.4 is 5.32 Å². The Morgan fingerprint density at radius 2 is 1.94 bits per heavy atom. The molecule has 0 saturated heterocycles. The fourth-order valence-corrected chi connectivity index (χ4v) is 2.86. The van der Waals surface area contributed by atoms with E-state index in [0.717, 1.165) is 30.0 Å². The second kappa shape index (κ2) is 5.56. The first-order chi connectivity index (χ1) is 8.19. The van der Waals surface area contributed by atoms with E-state index < -0.39 is 0 Å². The summed E-state index contributed by atoms with van der Waals surface area (Å²) < 4.78 is 2.08. The van der Waals surface area contributed by atoms with Crippen molar-refractivity contribution >= 4 is 5.95 Å². The van der Waals surface area contributed by atoms with Crippen molar-refractivity contribution in [1.82, 2.24) is 9.55 Å². The summed E-state index contributed by atoms with van der Waals surface area (Å²) in [5.41, 5.74) is 1.09. The van der Waals surface area contributed by atoms with Gasteiger partial charge in [-0.2, -0.15) is 0 Å². The van der Waals surface area contributed by atoms with Crippen molar-refractivity contribution in [3.8, 4) is 0 Å². The molecule has 1 aromatic rings. The summed E-state index contributed by atoms with van der Waals surface area (Å²) >= 11 is 0. The molecule has 0 atom stereocenters. The normalized spacial score (nSPS) is 24.9. The summed E-state index contributed by atoms with van der Waals surface area (Å²) in [6.45, 7) is 5.44. The molecule has 1 aromatic heterocycles. The highest BCUT2D eigenvalue weighted by Crippen LogP contribution is 2.30. The van der Waals surface area contributed by atoms with E-state index in [1.54, 1.807) is 0 Å². The van der Waals surface area contributed by atoms with Gasteiger partial charge in [0.05, 0.1) is 5.69 Å². The highest BCUT2D eigenvalue weighted by molar-refractivity contribution is 5.28. The number of aromatic nitrogens is 2. The van der Waals surface area contributed by atoms with Gasteiger partial charge in [-0.05, 0) is 31.6 Å². The van der Waals surface area contributed by atoms with Gasteiger partial charge in [0.25, 0.3) is 0 Å². The molecule has 0 radical (unpaired) electrons. The maximum Gasteiger partial charge on any atom is 0.202 e. The van der Waals surface area contributed by atoms with Crippen LogP contribution in [0.4, 0.5) is 5.95 Å². The fourth-order valence-electron chi connectivity index (χ4n) is 2.86. The topological polar surface area (TPSA) is 29.9 Å². The van der Waals surface area contributed by atoms with Crippen LogP contribution in [0.3, 0.4) is 0 Å². The summed E-state index contributed by atoms with van der Waals surface area (Å²) in [6, 6.07) is 0. The van der Waals surface area contributed by atoms with Crippen LogP contribution in [0, 0.1) is 18.8 Å². The maximum absolute atomic E-state index is 4.48. The second-order valence-corrected chi connectivity index (χ2v) is 5.49. The third-order valence-electron chi connectivity index (χ3n) is 4.09. The third-order valence-corrected chi connectivity index (χ3v) is 4.09. The zero-order valence-corrected chi connectivity index (χ0v) is 11.4. The number of nitrogens with one attached hydrogen (secondary N) is 1. The molecule has 0 spiro atoms. The van der Waals surface area contributed by atoms with Crippen molar-refractivity contribution in [1.29, 1.82) is 0 Å². The zero-order valence-electron chi connectivity index (χ0n) is 11.4. The highest BCUT2D eigenvalue weighted by Gasteiger charge is 2.19. The summed E-state index contributed by atoms with van der Waals surface area (Å²) in [6.07, 6.45) is 9.03. The molecular weight excluding hydrogens is 210 g/mol. The fraction of sp³-hybridized carbons (Fsp3) is 0.786. The van der Waals surface area contributed by atoms with Crippen LogP contribution in [0.15, 0.2) is 6.20 Å². The summed E-state index contributed by atoms with van der Waals surface area (Å²) in [4.78, 5) is 4.48. The number of rotatable bonds is 4. The number of nitrogens with zero attached hydrogens (tertiary/aromatic N) is 2. The van der Waals surface area contributed by atoms with E-state index >= 15 is 0 Å². The van der Waals surface area contributed by atoms with Gasteiger partial charge in [-0.1, -0.05) is 26.2 Å². The molecule has 1 heterocycles. The Balaban J connectivity index is 1.77. The van der Waals surface area contributed by atoms with E-state index in [9.17, 15) is 0 Å². The molecule has 0 unspecified atom stereocenters. The van der Waals surface area contributed by atoms with Gasteiger partial charge in [-0.15, -0.1) is 0 Å². The minimum Gasteiger partial charge on any atom is -0.355 e. The molecule has 0 amide bonds. The van der Waals surface area contributed by atoms with Gasteiger partial charge >= 0.3 is 0 Å². The van der Waals surface area contributed by atoms with Crippen molar-refractivity contribution in [2.45, 2.75) is 46.0 Å². The van der Waals surface area contributed by atoms with Crippen LogP contribution in [-0.2, 0) is 7.05 Å². The molecule has 0 bridgehead atoms. The van der Waals surface area contributed by atoms with Crippen molar-refractivity contribution in [3.63, 3.8) is 0 Å². The van der Waals surface area contributed by atoms with Crippen LogP contribution in [-0.4, -0.2) is 16.1 Å². The lowest BCUT2D eigenvalue weighted by Crippen LogP contribution is -2.21. The van der Waals surface area contributed by atoms with Crippen LogP contribution in [0.25, 0.3) is 0 Å². The molecule has 2 rings (SSSR count). The van der Waals surface area contributed by atoms with Gasteiger partial charge in [0.15, 0.2) is 0 Å². The van der Waals surface area contributed by atoms with E-state index in [4.69, 9.17) is 0 Å². The van der Waals surface area contributed by atoms with Crippen LogP contribution >= 0.6 is 0 Å². The van der Waals surface area contributed by atoms with Gasteiger partial charge < -0.3 is 9.88 Å². The Morgan fingerprint density at radius 1 is 1.29 bits per heavy atom. The monoisotopic (exact) mass is 235 g/mol. The Kier molecular flexibility index (Phi) is 4.08. The second-order valence-electron chi connectivity index (χ2n) is 5.49. The van der Waals surface area contributed by atoms with Crippen molar-refractivity contribution in [3.05, 3.63) is 11.9 Å². The van der Waals surface area contributed by atoms with E-state index in [1.165, 1.54) is 32.1 Å². The van der Waals surface area contributed by atoms with E-state index in [1.807, 2.05) is 6.92 Å². The average Bonchev–Trinajstić information content (AvgIpc) is 2.66. The molecule has 3 nitrogen and oxygen atoms in total. The van der Waals surface area contributed by atoms with Gasteiger partial charge in [0, 0.05) is 19.8 Å². The quantitative estimate of drug-likeness (QED) is 0.867. The van der Waals surface area contributed by atoms with Gasteiger partial charge in [0.1, 0.15) is 0 Å². The number of hydrogen-bond acceptors (Lipinski definition) is 2. The summed E-state index contributed by atoms with van der Waals surface area (Å²) in [5.74, 6) is 2.84. The lowest BCUT2D eigenvalue weighted by molar-refractivity contribution is 0.278. The lowest BCUT2D eigenvalue weighted by atomic mass is 9.81. The van der Waals surface area contributed by atoms with Gasteiger partial charge in [-0.3, -0.25) is 0 Å². The predicted octanol–water partition coefficient (Wildman–Crippen LogP) is 3.36. The molecular formula is C14H25N3. The van der Waals surface area contributed by atoms with Crippen molar-refractivity contribution in [2.75, 3.05) is 11.9 Å². The molecule has 1 saturated carbocycles. The van der Waals surface area contributed by atoms with Crippen molar-refractivity contribution in [2.24, 2.45) is 18.9 Å². The lowest BCUT2D eigenvalue weighted by Gasteiger charge is -2.27. The first kappa shape index (κ1) is 12.5. The zero-order chi connectivity index (χ0) is 12.3. The van der Waals surface area contributed by atoms with Crippen LogP contribution in [0.5, 0.6) is 0 Å². The average molecular weight is 235 g/mol. The minimum atomic E-state index is 0.842. The maximum atomic E-state index is 4.48. The van der Waals surface area contributed by atoms with Gasteiger partial charge in [0.2, 0.25) is 5.95 Å². The highest BCUT2D eigenvalue weighted by atomic mass is 15.2. The van der Waals surface area contributed by atoms with Gasteiger partial charge in [-0.25, -0.2) is 4.98 Å². The number of aryl methyl sites for hydroxylation is 2. The molecule has 3 heteroatoms. The predicted molar refractivity (Wildman–Crippen MR) is 72.2 cm³/mol. The SMILES string of the molecule is CCC1CCC(CNc2nc(C)cn2C)CC1. The number of imidazole rings is 1. The van der Waals surface area contributed by atoms with E-state index in [0.29, 0.717) is 0 Å².